The number of amides is 1. The summed E-state index contributed by atoms with van der Waals surface area (Å²) in [5.41, 5.74) is 1.71. The molecular formula is C13H9BrCl2N2O. The molecule has 1 aromatic carbocycles. The first-order valence-corrected chi connectivity index (χ1v) is 6.91. The molecule has 1 aromatic heterocycles. The monoisotopic (exact) mass is 358 g/mol. The Bertz CT molecular complexity index is 647. The average molecular weight is 360 g/mol. The van der Waals surface area contributed by atoms with Crippen molar-refractivity contribution >= 4 is 50.7 Å². The van der Waals surface area contributed by atoms with Crippen LogP contribution in [0.2, 0.25) is 10.0 Å². The molecule has 0 radical (unpaired) electrons. The van der Waals surface area contributed by atoms with Gasteiger partial charge in [0.05, 0.1) is 15.6 Å². The van der Waals surface area contributed by atoms with Gasteiger partial charge in [-0.25, -0.2) is 0 Å². The van der Waals surface area contributed by atoms with E-state index in [4.69, 9.17) is 23.2 Å². The summed E-state index contributed by atoms with van der Waals surface area (Å²) in [5.74, 6) is -0.313. The first kappa shape index (κ1) is 14.3. The third kappa shape index (κ3) is 3.47. The second kappa shape index (κ2) is 5.90. The molecule has 0 aliphatic carbocycles. The fraction of sp³-hybridized carbons (Fsp3) is 0.0769. The molecule has 0 aliphatic heterocycles. The van der Waals surface area contributed by atoms with Crippen LogP contribution in [-0.4, -0.2) is 10.9 Å². The van der Waals surface area contributed by atoms with Gasteiger partial charge in [0, 0.05) is 22.1 Å². The average Bonchev–Trinajstić information content (AvgIpc) is 2.33. The summed E-state index contributed by atoms with van der Waals surface area (Å²) in [7, 11) is 0. The van der Waals surface area contributed by atoms with Crippen LogP contribution in [0.5, 0.6) is 0 Å². The Labute approximate surface area is 129 Å². The molecule has 98 valence electrons. The maximum Gasteiger partial charge on any atom is 0.258 e. The molecule has 2 aromatic rings. The van der Waals surface area contributed by atoms with E-state index in [1.165, 1.54) is 6.20 Å². The Balaban J connectivity index is 2.23. The van der Waals surface area contributed by atoms with Crippen molar-refractivity contribution in [1.82, 2.24) is 4.98 Å². The molecule has 6 heteroatoms. The van der Waals surface area contributed by atoms with Crippen molar-refractivity contribution in [2.75, 3.05) is 5.32 Å². The number of benzene rings is 1. The van der Waals surface area contributed by atoms with E-state index in [0.717, 1.165) is 5.69 Å². The number of aromatic nitrogens is 1. The quantitative estimate of drug-likeness (QED) is 0.843. The van der Waals surface area contributed by atoms with E-state index in [1.807, 2.05) is 6.92 Å². The van der Waals surface area contributed by atoms with E-state index < -0.39 is 0 Å². The highest BCUT2D eigenvalue weighted by Crippen LogP contribution is 2.26. The van der Waals surface area contributed by atoms with Gasteiger partial charge in [-0.05, 0) is 47.1 Å². The normalized spacial score (nSPS) is 10.3. The number of hydrogen-bond acceptors (Lipinski definition) is 2. The molecule has 0 fully saturated rings. The lowest BCUT2D eigenvalue weighted by molar-refractivity contribution is 0.102. The summed E-state index contributed by atoms with van der Waals surface area (Å²) in [6, 6.07) is 6.76. The molecule has 1 amide bonds. The predicted molar refractivity (Wildman–Crippen MR) is 81.1 cm³/mol. The van der Waals surface area contributed by atoms with Gasteiger partial charge < -0.3 is 5.32 Å². The molecule has 1 N–H and O–H groups in total. The van der Waals surface area contributed by atoms with Crippen LogP contribution in [-0.2, 0) is 0 Å². The van der Waals surface area contributed by atoms with E-state index >= 15 is 0 Å². The highest BCUT2D eigenvalue weighted by atomic mass is 79.9. The van der Waals surface area contributed by atoms with Crippen molar-refractivity contribution in [3.05, 3.63) is 56.2 Å². The van der Waals surface area contributed by atoms with Crippen LogP contribution in [0.3, 0.4) is 0 Å². The van der Waals surface area contributed by atoms with Gasteiger partial charge in [0.25, 0.3) is 5.91 Å². The van der Waals surface area contributed by atoms with Crippen LogP contribution in [0.1, 0.15) is 16.1 Å². The highest BCUT2D eigenvalue weighted by molar-refractivity contribution is 9.10. The number of carbonyl (C=O) groups is 1. The van der Waals surface area contributed by atoms with Gasteiger partial charge >= 0.3 is 0 Å². The molecule has 0 aliphatic rings. The van der Waals surface area contributed by atoms with Gasteiger partial charge in [-0.3, -0.25) is 9.78 Å². The maximum atomic E-state index is 12.1. The van der Waals surface area contributed by atoms with Crippen LogP contribution in [0.25, 0.3) is 0 Å². The van der Waals surface area contributed by atoms with Crippen molar-refractivity contribution in [1.29, 1.82) is 0 Å². The molecule has 0 spiro atoms. The first-order chi connectivity index (χ1) is 8.97. The second-order valence-electron chi connectivity index (χ2n) is 3.89. The number of nitrogens with zero attached hydrogens (tertiary/aromatic N) is 1. The Hall–Kier alpha value is -1.10. The zero-order valence-electron chi connectivity index (χ0n) is 9.88. The van der Waals surface area contributed by atoms with Crippen molar-refractivity contribution in [3.8, 4) is 0 Å². The minimum atomic E-state index is -0.313. The van der Waals surface area contributed by atoms with Crippen molar-refractivity contribution in [2.24, 2.45) is 0 Å². The molecule has 1 heterocycles. The predicted octanol–water partition coefficient (Wildman–Crippen LogP) is 4.71. The highest BCUT2D eigenvalue weighted by Gasteiger charge is 2.12. The molecular weight excluding hydrogens is 351 g/mol. The van der Waals surface area contributed by atoms with Crippen LogP contribution in [0.15, 0.2) is 34.9 Å². The van der Waals surface area contributed by atoms with Crippen molar-refractivity contribution in [2.45, 2.75) is 6.92 Å². The fourth-order valence-corrected chi connectivity index (χ4v) is 2.25. The van der Waals surface area contributed by atoms with Gasteiger partial charge in [-0.1, -0.05) is 23.2 Å². The molecule has 3 nitrogen and oxygen atoms in total. The van der Waals surface area contributed by atoms with Gasteiger partial charge in [-0.2, -0.15) is 0 Å². The summed E-state index contributed by atoms with van der Waals surface area (Å²) in [6.07, 6.45) is 1.46. The summed E-state index contributed by atoms with van der Waals surface area (Å²) in [4.78, 5) is 16.1. The van der Waals surface area contributed by atoms with E-state index in [-0.39, 0.29) is 5.91 Å². The summed E-state index contributed by atoms with van der Waals surface area (Å²) in [6.45, 7) is 1.81. The molecule has 0 atom stereocenters. The third-order valence-electron chi connectivity index (χ3n) is 2.41. The SMILES string of the molecule is Cc1cc(Cl)c(C(=O)Nc2ccc(Cl)c(Br)c2)cn1. The molecule has 19 heavy (non-hydrogen) atoms. The minimum Gasteiger partial charge on any atom is -0.322 e. The van der Waals surface area contributed by atoms with Gasteiger partial charge in [0.2, 0.25) is 0 Å². The Morgan fingerprint density at radius 2 is 2.00 bits per heavy atom. The molecule has 0 bridgehead atoms. The van der Waals surface area contributed by atoms with E-state index in [2.05, 4.69) is 26.2 Å². The van der Waals surface area contributed by atoms with E-state index in [9.17, 15) is 4.79 Å². The minimum absolute atomic E-state index is 0.313. The zero-order valence-corrected chi connectivity index (χ0v) is 13.0. The zero-order chi connectivity index (χ0) is 14.0. The number of anilines is 1. The second-order valence-corrected chi connectivity index (χ2v) is 5.56. The number of aryl methyl sites for hydroxylation is 1. The standard InChI is InChI=1S/C13H9BrCl2N2O/c1-7-4-12(16)9(6-17-7)13(19)18-8-2-3-11(15)10(14)5-8/h2-6H,1H3,(H,18,19). The van der Waals surface area contributed by atoms with E-state index in [1.54, 1.807) is 24.3 Å². The van der Waals surface area contributed by atoms with Gasteiger partial charge in [-0.15, -0.1) is 0 Å². The number of hydrogen-bond donors (Lipinski definition) is 1. The number of rotatable bonds is 2. The van der Waals surface area contributed by atoms with Crippen LogP contribution >= 0.6 is 39.1 Å². The van der Waals surface area contributed by atoms with E-state index in [0.29, 0.717) is 25.8 Å². The summed E-state index contributed by atoms with van der Waals surface area (Å²) < 4.78 is 0.708. The van der Waals surface area contributed by atoms with Crippen LogP contribution in [0, 0.1) is 6.92 Å². The maximum absolute atomic E-state index is 12.1. The van der Waals surface area contributed by atoms with Crippen molar-refractivity contribution < 1.29 is 4.79 Å². The molecule has 0 saturated heterocycles. The largest absolute Gasteiger partial charge is 0.322 e. The molecule has 2 rings (SSSR count). The van der Waals surface area contributed by atoms with Gasteiger partial charge in [0.1, 0.15) is 0 Å². The summed E-state index contributed by atoms with van der Waals surface area (Å²) in [5, 5.41) is 3.68. The number of pyridine rings is 1. The molecule has 0 unspecified atom stereocenters. The number of carbonyl (C=O) groups excluding carboxylic acids is 1. The van der Waals surface area contributed by atoms with Crippen LogP contribution in [0.4, 0.5) is 5.69 Å². The van der Waals surface area contributed by atoms with Crippen LogP contribution < -0.4 is 5.32 Å². The van der Waals surface area contributed by atoms with Crippen molar-refractivity contribution in [3.63, 3.8) is 0 Å². The van der Waals surface area contributed by atoms with Gasteiger partial charge in [0.15, 0.2) is 0 Å². The lowest BCUT2D eigenvalue weighted by Crippen LogP contribution is -2.13. The summed E-state index contributed by atoms with van der Waals surface area (Å²) >= 11 is 15.2. The smallest absolute Gasteiger partial charge is 0.258 e. The Morgan fingerprint density at radius 3 is 2.63 bits per heavy atom. The fourth-order valence-electron chi connectivity index (χ4n) is 1.47. The first-order valence-electron chi connectivity index (χ1n) is 5.36. The lowest BCUT2D eigenvalue weighted by atomic mass is 10.2. The number of halogens is 3. The number of nitrogens with one attached hydrogen (secondary N) is 1. The Kier molecular flexibility index (Phi) is 4.45. The Morgan fingerprint density at radius 1 is 1.26 bits per heavy atom. The third-order valence-corrected chi connectivity index (χ3v) is 3.94. The lowest BCUT2D eigenvalue weighted by Gasteiger charge is -2.08. The molecule has 0 saturated carbocycles. The topological polar surface area (TPSA) is 42.0 Å².